The van der Waals surface area contributed by atoms with Gasteiger partial charge in [-0.25, -0.2) is 0 Å². The van der Waals surface area contributed by atoms with Crippen molar-refractivity contribution in [1.82, 2.24) is 0 Å². The van der Waals surface area contributed by atoms with Gasteiger partial charge < -0.3 is 23.4 Å². The minimum absolute atomic E-state index is 0.0457. The van der Waals surface area contributed by atoms with Crippen LogP contribution in [0.2, 0.25) is 0 Å². The molecular weight excluding hydrogens is 379 g/mol. The lowest BCUT2D eigenvalue weighted by molar-refractivity contribution is 0.0324. The van der Waals surface area contributed by atoms with E-state index in [1.54, 1.807) is 12.1 Å². The summed E-state index contributed by atoms with van der Waals surface area (Å²) in [7, 11) is 3.02. The number of benzene rings is 1. The Hall–Kier alpha value is -1.32. The number of methoxy groups -OCH3 is 2. The highest BCUT2D eigenvalue weighted by molar-refractivity contribution is 14.1. The minimum atomic E-state index is -0.118. The van der Waals surface area contributed by atoms with Crippen molar-refractivity contribution in [2.24, 2.45) is 0 Å². The lowest BCUT2D eigenvalue weighted by Gasteiger charge is -2.12. The van der Waals surface area contributed by atoms with Crippen molar-refractivity contribution in [1.29, 1.82) is 0 Å². The van der Waals surface area contributed by atoms with Crippen molar-refractivity contribution in [3.8, 4) is 11.5 Å². The minimum Gasteiger partial charge on any atom is -0.464 e. The largest absolute Gasteiger partial charge is 0.464 e. The molecule has 0 unspecified atom stereocenters. The molecular formula is C13H13IO6. The van der Waals surface area contributed by atoms with Crippen molar-refractivity contribution >= 4 is 33.6 Å². The molecule has 0 N–H and O–H groups in total. The summed E-state index contributed by atoms with van der Waals surface area (Å²) in [6.07, 6.45) is 1.40. The van der Waals surface area contributed by atoms with Crippen molar-refractivity contribution < 1.29 is 23.4 Å². The van der Waals surface area contributed by atoms with E-state index in [1.807, 2.05) is 22.6 Å². The first-order valence-electron chi connectivity index (χ1n) is 5.66. The quantitative estimate of drug-likeness (QED) is 0.556. The smallest absolute Gasteiger partial charge is 0.206 e. The van der Waals surface area contributed by atoms with Crippen LogP contribution < -0.4 is 14.9 Å². The van der Waals surface area contributed by atoms with Crippen molar-refractivity contribution in [3.05, 3.63) is 32.2 Å². The Kier molecular flexibility index (Phi) is 5.21. The van der Waals surface area contributed by atoms with Crippen LogP contribution in [0.15, 0.2) is 27.6 Å². The van der Waals surface area contributed by atoms with Gasteiger partial charge in [-0.05, 0) is 28.7 Å². The highest BCUT2D eigenvalue weighted by Gasteiger charge is 2.13. The van der Waals surface area contributed by atoms with E-state index in [9.17, 15) is 4.79 Å². The van der Waals surface area contributed by atoms with E-state index in [2.05, 4.69) is 0 Å². The Morgan fingerprint density at radius 3 is 2.30 bits per heavy atom. The summed E-state index contributed by atoms with van der Waals surface area (Å²) in [5.41, 5.74) is 0.304. The maximum Gasteiger partial charge on any atom is 0.206 e. The molecule has 20 heavy (non-hydrogen) atoms. The first kappa shape index (κ1) is 15.1. The molecule has 1 heterocycles. The number of hydrogen-bond acceptors (Lipinski definition) is 6. The van der Waals surface area contributed by atoms with E-state index in [1.165, 1.54) is 20.5 Å². The zero-order valence-corrected chi connectivity index (χ0v) is 13.1. The van der Waals surface area contributed by atoms with Crippen LogP contribution in [0, 0.1) is 3.57 Å². The Labute approximate surface area is 128 Å². The molecule has 1 aromatic carbocycles. The SMILES string of the molecule is COCOc1cc2occ(I)c(=O)c2cc1OCOC. The van der Waals surface area contributed by atoms with Crippen LogP contribution in [-0.2, 0) is 9.47 Å². The Bertz CT molecular complexity index is 651. The second kappa shape index (κ2) is 6.91. The standard InChI is InChI=1S/C13H13IO6/c1-16-6-19-11-3-8-10(4-12(11)20-7-17-2)18-5-9(14)13(8)15/h3-5H,6-7H2,1-2H3. The van der Waals surface area contributed by atoms with Crippen LogP contribution in [0.1, 0.15) is 0 Å². The van der Waals surface area contributed by atoms with Crippen LogP contribution in [0.3, 0.4) is 0 Å². The third-order valence-electron chi connectivity index (χ3n) is 2.46. The Morgan fingerprint density at radius 2 is 1.70 bits per heavy atom. The molecule has 0 saturated heterocycles. The van der Waals surface area contributed by atoms with E-state index in [0.29, 0.717) is 26.0 Å². The van der Waals surface area contributed by atoms with Gasteiger partial charge in [0.1, 0.15) is 11.8 Å². The predicted octanol–water partition coefficient (Wildman–Crippen LogP) is 2.36. The van der Waals surface area contributed by atoms with Crippen molar-refractivity contribution in [3.63, 3.8) is 0 Å². The third kappa shape index (κ3) is 3.22. The van der Waals surface area contributed by atoms with Gasteiger partial charge in [0.2, 0.25) is 5.43 Å². The van der Waals surface area contributed by atoms with E-state index in [4.69, 9.17) is 23.4 Å². The van der Waals surface area contributed by atoms with Gasteiger partial charge in [-0.2, -0.15) is 0 Å². The molecule has 0 saturated carbocycles. The molecule has 0 radical (unpaired) electrons. The number of halogens is 1. The van der Waals surface area contributed by atoms with Gasteiger partial charge in [-0.15, -0.1) is 0 Å². The van der Waals surface area contributed by atoms with Crippen molar-refractivity contribution in [2.45, 2.75) is 0 Å². The van der Waals surface area contributed by atoms with Gasteiger partial charge in [0, 0.05) is 20.3 Å². The lowest BCUT2D eigenvalue weighted by Crippen LogP contribution is -2.08. The van der Waals surface area contributed by atoms with Gasteiger partial charge in [0.25, 0.3) is 0 Å². The highest BCUT2D eigenvalue weighted by atomic mass is 127. The molecule has 1 aromatic heterocycles. The third-order valence-corrected chi connectivity index (χ3v) is 3.21. The van der Waals surface area contributed by atoms with Crippen LogP contribution in [0.25, 0.3) is 11.0 Å². The molecule has 2 aromatic rings. The van der Waals surface area contributed by atoms with Gasteiger partial charge >= 0.3 is 0 Å². The predicted molar refractivity (Wildman–Crippen MR) is 80.2 cm³/mol. The number of hydrogen-bond donors (Lipinski definition) is 0. The molecule has 0 aliphatic carbocycles. The van der Waals surface area contributed by atoms with Gasteiger partial charge in [0.05, 0.1) is 8.96 Å². The normalized spacial score (nSPS) is 10.8. The maximum atomic E-state index is 12.1. The average Bonchev–Trinajstić information content (AvgIpc) is 2.47. The lowest BCUT2D eigenvalue weighted by atomic mass is 10.2. The van der Waals surface area contributed by atoms with Gasteiger partial charge in [0.15, 0.2) is 25.1 Å². The molecule has 0 atom stereocenters. The number of fused-ring (bicyclic) bond motifs is 1. The van der Waals surface area contributed by atoms with Gasteiger partial charge in [-0.1, -0.05) is 0 Å². The number of ether oxygens (including phenoxy) is 4. The molecule has 2 rings (SSSR count). The molecule has 0 spiro atoms. The average molecular weight is 392 g/mol. The topological polar surface area (TPSA) is 67.1 Å². The molecule has 0 fully saturated rings. The summed E-state index contributed by atoms with van der Waals surface area (Å²) >= 11 is 1.92. The zero-order chi connectivity index (χ0) is 14.5. The summed E-state index contributed by atoms with van der Waals surface area (Å²) in [4.78, 5) is 12.1. The second-order valence-electron chi connectivity index (χ2n) is 3.81. The molecule has 7 heteroatoms. The van der Waals surface area contributed by atoms with Crippen LogP contribution in [0.5, 0.6) is 11.5 Å². The Morgan fingerprint density at radius 1 is 1.10 bits per heavy atom. The second-order valence-corrected chi connectivity index (χ2v) is 4.97. The van der Waals surface area contributed by atoms with Crippen LogP contribution in [-0.4, -0.2) is 27.8 Å². The van der Waals surface area contributed by atoms with Crippen LogP contribution in [0.4, 0.5) is 0 Å². The van der Waals surface area contributed by atoms with Crippen LogP contribution >= 0.6 is 22.6 Å². The monoisotopic (exact) mass is 392 g/mol. The first-order valence-corrected chi connectivity index (χ1v) is 6.73. The van der Waals surface area contributed by atoms with E-state index in [0.717, 1.165) is 0 Å². The summed E-state index contributed by atoms with van der Waals surface area (Å²) in [6.45, 7) is 0.105. The highest BCUT2D eigenvalue weighted by Crippen LogP contribution is 2.31. The molecule has 0 aliphatic rings. The fourth-order valence-electron chi connectivity index (χ4n) is 1.58. The van der Waals surface area contributed by atoms with Gasteiger partial charge in [-0.3, -0.25) is 4.79 Å². The Balaban J connectivity index is 2.52. The fourth-order valence-corrected chi connectivity index (χ4v) is 2.00. The molecule has 0 bridgehead atoms. The fraction of sp³-hybridized carbons (Fsp3) is 0.308. The number of rotatable bonds is 6. The van der Waals surface area contributed by atoms with E-state index >= 15 is 0 Å². The summed E-state index contributed by atoms with van der Waals surface area (Å²) in [6, 6.07) is 3.17. The molecule has 0 amide bonds. The summed E-state index contributed by atoms with van der Waals surface area (Å²) < 4.78 is 26.4. The van der Waals surface area contributed by atoms with E-state index < -0.39 is 0 Å². The first-order chi connectivity index (χ1) is 9.67. The zero-order valence-electron chi connectivity index (χ0n) is 11.0. The summed E-state index contributed by atoms with van der Waals surface area (Å²) in [5.74, 6) is 0.812. The molecule has 108 valence electrons. The maximum absolute atomic E-state index is 12.1. The summed E-state index contributed by atoms with van der Waals surface area (Å²) in [5, 5.41) is 0.424. The van der Waals surface area contributed by atoms with E-state index in [-0.39, 0.29) is 19.0 Å². The molecule has 0 aliphatic heterocycles. The van der Waals surface area contributed by atoms with Crippen molar-refractivity contribution in [2.75, 3.05) is 27.8 Å². The molecule has 6 nitrogen and oxygen atoms in total.